The molecule has 1 aromatic heterocycles. The standard InChI is InChI=1S/C15H24N4O2/c1-15(2,3)19(14(20)21-4)12-7-8-18(10-12)13-6-5-11(16)9-17-13/h5-6,9,12H,7-8,10,16H2,1-4H3. The number of nitrogens with two attached hydrogens (primary N) is 1. The molecule has 2 heterocycles. The Morgan fingerprint density at radius 3 is 2.71 bits per heavy atom. The third-order valence-corrected chi connectivity index (χ3v) is 3.72. The van der Waals surface area contributed by atoms with E-state index in [0.717, 1.165) is 25.3 Å². The van der Waals surface area contributed by atoms with E-state index in [2.05, 4.69) is 9.88 Å². The van der Waals surface area contributed by atoms with Crippen molar-refractivity contribution >= 4 is 17.6 Å². The average Bonchev–Trinajstić information content (AvgIpc) is 2.87. The minimum atomic E-state index is -0.278. The Kier molecular flexibility index (Phi) is 4.25. The lowest BCUT2D eigenvalue weighted by Crippen LogP contribution is -2.52. The van der Waals surface area contributed by atoms with Crippen LogP contribution in [0.25, 0.3) is 0 Å². The van der Waals surface area contributed by atoms with E-state index in [4.69, 9.17) is 10.5 Å². The Bertz CT molecular complexity index is 495. The Morgan fingerprint density at radius 1 is 1.48 bits per heavy atom. The van der Waals surface area contributed by atoms with Crippen molar-refractivity contribution in [3.8, 4) is 0 Å². The van der Waals surface area contributed by atoms with E-state index in [1.807, 2.05) is 37.8 Å². The molecule has 1 saturated heterocycles. The number of anilines is 2. The monoisotopic (exact) mass is 292 g/mol. The van der Waals surface area contributed by atoms with Crippen LogP contribution in [-0.2, 0) is 4.74 Å². The molecule has 0 aliphatic carbocycles. The van der Waals surface area contributed by atoms with E-state index in [0.29, 0.717) is 5.69 Å². The predicted octanol–water partition coefficient (Wildman–Crippen LogP) is 2.11. The van der Waals surface area contributed by atoms with Gasteiger partial charge in [-0.3, -0.25) is 4.90 Å². The molecule has 0 aromatic carbocycles. The van der Waals surface area contributed by atoms with Crippen LogP contribution in [0.3, 0.4) is 0 Å². The molecular formula is C15H24N4O2. The van der Waals surface area contributed by atoms with Crippen LogP contribution >= 0.6 is 0 Å². The van der Waals surface area contributed by atoms with Gasteiger partial charge in [0, 0.05) is 18.6 Å². The van der Waals surface area contributed by atoms with Crippen molar-refractivity contribution in [2.24, 2.45) is 0 Å². The molecule has 1 aliphatic heterocycles. The molecule has 1 fully saturated rings. The van der Waals surface area contributed by atoms with Crippen LogP contribution in [-0.4, -0.2) is 47.8 Å². The number of nitrogen functional groups attached to an aromatic ring is 1. The third-order valence-electron chi connectivity index (χ3n) is 3.72. The summed E-state index contributed by atoms with van der Waals surface area (Å²) in [5, 5.41) is 0. The highest BCUT2D eigenvalue weighted by molar-refractivity contribution is 5.69. The second kappa shape index (κ2) is 5.79. The Hall–Kier alpha value is -1.98. The summed E-state index contributed by atoms with van der Waals surface area (Å²) in [5.41, 5.74) is 6.04. The Labute approximate surface area is 125 Å². The molecule has 1 aromatic rings. The maximum atomic E-state index is 12.1. The van der Waals surface area contributed by atoms with E-state index < -0.39 is 0 Å². The zero-order valence-electron chi connectivity index (χ0n) is 13.2. The van der Waals surface area contributed by atoms with Crippen LogP contribution in [0, 0.1) is 0 Å². The molecule has 116 valence electrons. The van der Waals surface area contributed by atoms with Crippen LogP contribution in [0.15, 0.2) is 18.3 Å². The molecule has 0 saturated carbocycles. The predicted molar refractivity (Wildman–Crippen MR) is 83.3 cm³/mol. The molecule has 0 radical (unpaired) electrons. The highest BCUT2D eigenvalue weighted by Gasteiger charge is 2.38. The van der Waals surface area contributed by atoms with Crippen LogP contribution in [0.1, 0.15) is 27.2 Å². The first-order chi connectivity index (χ1) is 9.82. The number of hydrogen-bond donors (Lipinski definition) is 1. The lowest BCUT2D eigenvalue weighted by Gasteiger charge is -2.38. The van der Waals surface area contributed by atoms with E-state index in [9.17, 15) is 4.79 Å². The van der Waals surface area contributed by atoms with Crippen molar-refractivity contribution in [2.45, 2.75) is 38.8 Å². The molecule has 2 N–H and O–H groups in total. The number of amides is 1. The fourth-order valence-electron chi connectivity index (χ4n) is 2.81. The van der Waals surface area contributed by atoms with Gasteiger partial charge in [0.15, 0.2) is 0 Å². The van der Waals surface area contributed by atoms with Crippen molar-refractivity contribution in [3.63, 3.8) is 0 Å². The SMILES string of the molecule is COC(=O)N(C1CCN(c2ccc(N)cn2)C1)C(C)(C)C. The van der Waals surface area contributed by atoms with Crippen LogP contribution in [0.2, 0.25) is 0 Å². The van der Waals surface area contributed by atoms with Gasteiger partial charge in [0.25, 0.3) is 0 Å². The topological polar surface area (TPSA) is 71.7 Å². The van der Waals surface area contributed by atoms with Crippen molar-refractivity contribution in [3.05, 3.63) is 18.3 Å². The molecule has 6 heteroatoms. The van der Waals surface area contributed by atoms with Gasteiger partial charge < -0.3 is 15.4 Å². The first-order valence-electron chi connectivity index (χ1n) is 7.16. The summed E-state index contributed by atoms with van der Waals surface area (Å²) in [6.45, 7) is 7.69. The molecule has 0 spiro atoms. The summed E-state index contributed by atoms with van der Waals surface area (Å²) in [4.78, 5) is 20.4. The van der Waals surface area contributed by atoms with Gasteiger partial charge >= 0.3 is 6.09 Å². The molecule has 1 unspecified atom stereocenters. The van der Waals surface area contributed by atoms with Crippen molar-refractivity contribution in [1.82, 2.24) is 9.88 Å². The number of ether oxygens (including phenoxy) is 1. The molecule has 1 amide bonds. The highest BCUT2D eigenvalue weighted by atomic mass is 16.5. The molecular weight excluding hydrogens is 268 g/mol. The molecule has 1 aliphatic rings. The van der Waals surface area contributed by atoms with Gasteiger partial charge in [-0.1, -0.05) is 0 Å². The zero-order valence-corrected chi connectivity index (χ0v) is 13.2. The number of pyridine rings is 1. The largest absolute Gasteiger partial charge is 0.453 e. The van der Waals surface area contributed by atoms with Gasteiger partial charge in [-0.05, 0) is 39.3 Å². The van der Waals surface area contributed by atoms with E-state index in [-0.39, 0.29) is 17.7 Å². The first kappa shape index (κ1) is 15.4. The van der Waals surface area contributed by atoms with Crippen molar-refractivity contribution in [1.29, 1.82) is 0 Å². The highest BCUT2D eigenvalue weighted by Crippen LogP contribution is 2.27. The summed E-state index contributed by atoms with van der Waals surface area (Å²) in [6.07, 6.45) is 2.28. The fraction of sp³-hybridized carbons (Fsp3) is 0.600. The quantitative estimate of drug-likeness (QED) is 0.904. The van der Waals surface area contributed by atoms with Gasteiger partial charge in [0.05, 0.1) is 25.0 Å². The van der Waals surface area contributed by atoms with Crippen LogP contribution in [0.5, 0.6) is 0 Å². The Balaban J connectivity index is 2.12. The fourth-order valence-corrected chi connectivity index (χ4v) is 2.81. The smallest absolute Gasteiger partial charge is 0.410 e. The average molecular weight is 292 g/mol. The van der Waals surface area contributed by atoms with E-state index in [1.165, 1.54) is 7.11 Å². The van der Waals surface area contributed by atoms with Gasteiger partial charge in [-0.25, -0.2) is 9.78 Å². The number of rotatable bonds is 2. The number of aromatic nitrogens is 1. The molecule has 1 atom stereocenters. The summed E-state index contributed by atoms with van der Waals surface area (Å²) in [6, 6.07) is 3.88. The lowest BCUT2D eigenvalue weighted by molar-refractivity contribution is 0.0621. The summed E-state index contributed by atoms with van der Waals surface area (Å²) < 4.78 is 4.94. The molecule has 6 nitrogen and oxygen atoms in total. The third kappa shape index (κ3) is 3.37. The first-order valence-corrected chi connectivity index (χ1v) is 7.16. The van der Waals surface area contributed by atoms with Gasteiger partial charge in [0.1, 0.15) is 5.82 Å². The zero-order chi connectivity index (χ0) is 15.6. The molecule has 21 heavy (non-hydrogen) atoms. The van der Waals surface area contributed by atoms with E-state index in [1.54, 1.807) is 6.20 Å². The molecule has 2 rings (SSSR count). The van der Waals surface area contributed by atoms with Gasteiger partial charge in [-0.2, -0.15) is 0 Å². The molecule has 0 bridgehead atoms. The van der Waals surface area contributed by atoms with E-state index >= 15 is 0 Å². The lowest BCUT2D eigenvalue weighted by atomic mass is 10.0. The minimum absolute atomic E-state index is 0.122. The van der Waals surface area contributed by atoms with Crippen molar-refractivity contribution in [2.75, 3.05) is 30.8 Å². The second-order valence-electron chi connectivity index (χ2n) is 6.35. The minimum Gasteiger partial charge on any atom is -0.453 e. The van der Waals surface area contributed by atoms with Gasteiger partial charge in [0.2, 0.25) is 0 Å². The second-order valence-corrected chi connectivity index (χ2v) is 6.35. The summed E-state index contributed by atoms with van der Waals surface area (Å²) in [5.74, 6) is 0.894. The van der Waals surface area contributed by atoms with Crippen LogP contribution in [0.4, 0.5) is 16.3 Å². The number of methoxy groups -OCH3 is 1. The van der Waals surface area contributed by atoms with Crippen molar-refractivity contribution < 1.29 is 9.53 Å². The Morgan fingerprint density at radius 2 is 2.19 bits per heavy atom. The number of hydrogen-bond acceptors (Lipinski definition) is 5. The summed E-state index contributed by atoms with van der Waals surface area (Å²) >= 11 is 0. The summed E-state index contributed by atoms with van der Waals surface area (Å²) in [7, 11) is 1.43. The van der Waals surface area contributed by atoms with Crippen LogP contribution < -0.4 is 10.6 Å². The normalized spacial score (nSPS) is 18.7. The van der Waals surface area contributed by atoms with Gasteiger partial charge in [-0.15, -0.1) is 0 Å². The maximum absolute atomic E-state index is 12.1. The number of nitrogens with zero attached hydrogens (tertiary/aromatic N) is 3. The number of carbonyl (C=O) groups excluding carboxylic acids is 1. The maximum Gasteiger partial charge on any atom is 0.410 e. The number of carbonyl (C=O) groups is 1.